The van der Waals surface area contributed by atoms with Gasteiger partial charge in [0.15, 0.2) is 6.10 Å². The Morgan fingerprint density at radius 3 is 2.21 bits per heavy atom. The summed E-state index contributed by atoms with van der Waals surface area (Å²) >= 11 is 6.64. The molecule has 2 fully saturated rings. The highest BCUT2D eigenvalue weighted by atomic mass is 35.5. The molecule has 3 heterocycles. The molecule has 14 nitrogen and oxygen atoms in total. The average molecular weight is 692 g/mol. The number of hydrogen-bond acceptors (Lipinski definition) is 12. The maximum atomic E-state index is 12.7. The number of sulfonamides is 1. The number of aliphatic hydroxyl groups excluding tert-OH is 6. The molecule has 4 aromatic rings. The fourth-order valence-electron chi connectivity index (χ4n) is 5.60. The third kappa shape index (κ3) is 7.02. The van der Waals surface area contributed by atoms with Crippen LogP contribution in [0.2, 0.25) is 5.02 Å². The Labute approximate surface area is 274 Å². The molecule has 8 atom stereocenters. The molecule has 1 aromatic heterocycles. The second-order valence-corrected chi connectivity index (χ2v) is 13.6. The second kappa shape index (κ2) is 13.7. The van der Waals surface area contributed by atoms with E-state index in [-0.39, 0.29) is 30.2 Å². The van der Waals surface area contributed by atoms with E-state index in [1.54, 1.807) is 18.2 Å². The van der Waals surface area contributed by atoms with Crippen molar-refractivity contribution in [1.82, 2.24) is 14.7 Å². The molecule has 16 heteroatoms. The van der Waals surface area contributed by atoms with Gasteiger partial charge in [0.25, 0.3) is 6.01 Å². The molecule has 47 heavy (non-hydrogen) atoms. The van der Waals surface area contributed by atoms with E-state index in [1.165, 1.54) is 12.1 Å². The number of benzene rings is 3. The standard InChI is InChI=1S/C31H34ClN3O11S/c32-20-10-22-21(34-31(35-22)46-26-14-45-29-25(39)13-44-30(26)29)9-19(20)17-3-1-15(2-4-17)16-5-7-18(8-6-16)47(42,43)33-11-23(37)27(40)28(41)24(38)12-36/h1-10,23-30,33,36-41H,11-14H2,(H,34,35)/t23-,24+,25+,26+,27+,28+,29+,30+/m0/s1. The summed E-state index contributed by atoms with van der Waals surface area (Å²) in [5.74, 6) is 0. The maximum absolute atomic E-state index is 12.7. The van der Waals surface area contributed by atoms with E-state index in [9.17, 15) is 34.0 Å². The highest BCUT2D eigenvalue weighted by Gasteiger charge is 2.48. The van der Waals surface area contributed by atoms with Gasteiger partial charge in [0.05, 0.1) is 46.9 Å². The van der Waals surface area contributed by atoms with Gasteiger partial charge >= 0.3 is 0 Å². The molecule has 0 aliphatic carbocycles. The number of fused-ring (bicyclic) bond motifs is 2. The van der Waals surface area contributed by atoms with Crippen LogP contribution in [0.5, 0.6) is 6.01 Å². The van der Waals surface area contributed by atoms with Gasteiger partial charge < -0.3 is 49.8 Å². The quantitative estimate of drug-likeness (QED) is 0.0996. The lowest BCUT2D eigenvalue weighted by molar-refractivity contribution is -0.113. The van der Waals surface area contributed by atoms with E-state index in [1.807, 2.05) is 30.3 Å². The summed E-state index contributed by atoms with van der Waals surface area (Å²) in [4.78, 5) is 7.59. The molecular formula is C31H34ClN3O11S. The van der Waals surface area contributed by atoms with E-state index in [4.69, 9.17) is 30.9 Å². The minimum absolute atomic E-state index is 0.0911. The highest BCUT2D eigenvalue weighted by Crippen LogP contribution is 2.35. The number of hydrogen-bond donors (Lipinski definition) is 8. The van der Waals surface area contributed by atoms with Crippen LogP contribution in [0.1, 0.15) is 0 Å². The number of aromatic amines is 1. The van der Waals surface area contributed by atoms with Crippen molar-refractivity contribution in [3.8, 4) is 28.3 Å². The lowest BCUT2D eigenvalue weighted by atomic mass is 10.00. The van der Waals surface area contributed by atoms with Crippen molar-refractivity contribution in [3.63, 3.8) is 0 Å². The van der Waals surface area contributed by atoms with Crippen molar-refractivity contribution in [2.75, 3.05) is 26.4 Å². The number of aliphatic hydroxyl groups is 6. The lowest BCUT2D eigenvalue weighted by Crippen LogP contribution is -2.49. The van der Waals surface area contributed by atoms with Crippen molar-refractivity contribution in [2.45, 2.75) is 53.7 Å². The minimum atomic E-state index is -4.09. The third-order valence-corrected chi connectivity index (χ3v) is 10.0. The SMILES string of the molecule is O=S(=O)(NC[C@H](O)[C@@H](O)[C@H](O)[C@H](O)CO)c1ccc(-c2ccc(-c3cc4nc(O[C@@H]5CO[C@H]6[C@@H]5OC[C@H]6O)[nH]c4cc3Cl)cc2)cc1. The molecule has 252 valence electrons. The first-order valence-electron chi connectivity index (χ1n) is 14.8. The van der Waals surface area contributed by atoms with E-state index in [2.05, 4.69) is 14.7 Å². The second-order valence-electron chi connectivity index (χ2n) is 11.5. The fraction of sp³-hybridized carbons (Fsp3) is 0.387. The Morgan fingerprint density at radius 2 is 1.53 bits per heavy atom. The van der Waals surface area contributed by atoms with E-state index < -0.39 is 65.9 Å². The Kier molecular flexibility index (Phi) is 9.85. The fourth-order valence-corrected chi connectivity index (χ4v) is 6.93. The van der Waals surface area contributed by atoms with E-state index in [0.717, 1.165) is 22.3 Å². The van der Waals surface area contributed by atoms with Gasteiger partial charge in [-0.2, -0.15) is 4.98 Å². The predicted octanol–water partition coefficient (Wildman–Crippen LogP) is 0.170. The van der Waals surface area contributed by atoms with Crippen molar-refractivity contribution in [1.29, 1.82) is 0 Å². The molecule has 0 bridgehead atoms. The molecule has 0 spiro atoms. The smallest absolute Gasteiger partial charge is 0.295 e. The Hall–Kier alpha value is -3.19. The largest absolute Gasteiger partial charge is 0.456 e. The van der Waals surface area contributed by atoms with Crippen molar-refractivity contribution in [2.24, 2.45) is 0 Å². The first-order chi connectivity index (χ1) is 22.4. The van der Waals surface area contributed by atoms with Gasteiger partial charge in [-0.1, -0.05) is 48.0 Å². The first-order valence-corrected chi connectivity index (χ1v) is 16.6. The lowest BCUT2D eigenvalue weighted by Gasteiger charge is -2.25. The monoisotopic (exact) mass is 691 g/mol. The van der Waals surface area contributed by atoms with Crippen LogP contribution in [0, 0.1) is 0 Å². The topological polar surface area (TPSA) is 224 Å². The summed E-state index contributed by atoms with van der Waals surface area (Å²) in [7, 11) is -4.09. The Bertz CT molecular complexity index is 1810. The van der Waals surface area contributed by atoms with Crippen LogP contribution in [-0.4, -0.2) is 124 Å². The van der Waals surface area contributed by atoms with Crippen LogP contribution >= 0.6 is 11.6 Å². The summed E-state index contributed by atoms with van der Waals surface area (Å²) in [6.45, 7) is -1.01. The average Bonchev–Trinajstić information content (AvgIpc) is 3.78. The molecule has 2 aliphatic rings. The molecule has 2 saturated heterocycles. The van der Waals surface area contributed by atoms with Crippen molar-refractivity contribution in [3.05, 3.63) is 65.7 Å². The first kappa shape index (κ1) is 33.7. The minimum Gasteiger partial charge on any atom is -0.456 e. The zero-order valence-corrected chi connectivity index (χ0v) is 26.3. The number of H-pyrrole nitrogens is 1. The predicted molar refractivity (Wildman–Crippen MR) is 168 cm³/mol. The third-order valence-electron chi connectivity index (χ3n) is 8.30. The van der Waals surface area contributed by atoms with Gasteiger partial charge in [-0.25, -0.2) is 13.1 Å². The zero-order chi connectivity index (χ0) is 33.5. The molecule has 3 aromatic carbocycles. The number of aromatic nitrogens is 2. The van der Waals surface area contributed by atoms with Crippen LogP contribution in [-0.2, 0) is 19.5 Å². The van der Waals surface area contributed by atoms with Gasteiger partial charge in [0.2, 0.25) is 10.0 Å². The van der Waals surface area contributed by atoms with Crippen LogP contribution < -0.4 is 9.46 Å². The normalized spacial score (nSPS) is 23.8. The van der Waals surface area contributed by atoms with Crippen LogP contribution in [0.4, 0.5) is 0 Å². The zero-order valence-electron chi connectivity index (χ0n) is 24.7. The summed E-state index contributed by atoms with van der Waals surface area (Å²) in [5.41, 5.74) is 4.43. The van der Waals surface area contributed by atoms with Crippen molar-refractivity contribution < 1.29 is 53.3 Å². The van der Waals surface area contributed by atoms with Gasteiger partial charge in [0.1, 0.15) is 36.6 Å². The molecule has 0 saturated carbocycles. The van der Waals surface area contributed by atoms with Crippen LogP contribution in [0.25, 0.3) is 33.3 Å². The number of imidazole rings is 1. The molecular weight excluding hydrogens is 658 g/mol. The molecule has 6 rings (SSSR count). The molecule has 0 amide bonds. The maximum Gasteiger partial charge on any atom is 0.295 e. The van der Waals surface area contributed by atoms with E-state index >= 15 is 0 Å². The summed E-state index contributed by atoms with van der Waals surface area (Å²) in [6.07, 6.45) is -9.08. The molecule has 0 radical (unpaired) electrons. The Morgan fingerprint density at radius 1 is 0.915 bits per heavy atom. The van der Waals surface area contributed by atoms with Gasteiger partial charge in [-0.3, -0.25) is 0 Å². The van der Waals surface area contributed by atoms with Gasteiger partial charge in [-0.05, 0) is 41.0 Å². The van der Waals surface area contributed by atoms with Crippen LogP contribution in [0.15, 0.2) is 65.6 Å². The number of rotatable bonds is 12. The van der Waals surface area contributed by atoms with Gasteiger partial charge in [-0.15, -0.1) is 0 Å². The number of nitrogens with zero attached hydrogens (tertiary/aromatic N) is 1. The summed E-state index contributed by atoms with van der Waals surface area (Å²) < 4.78 is 44.9. The molecule has 8 N–H and O–H groups in total. The molecule has 0 unspecified atom stereocenters. The number of halogens is 1. The van der Waals surface area contributed by atoms with Crippen LogP contribution in [0.3, 0.4) is 0 Å². The molecule has 2 aliphatic heterocycles. The van der Waals surface area contributed by atoms with Gasteiger partial charge in [0, 0.05) is 12.1 Å². The summed E-state index contributed by atoms with van der Waals surface area (Å²) in [6, 6.07) is 17.4. The van der Waals surface area contributed by atoms with E-state index in [0.29, 0.717) is 16.1 Å². The number of nitrogens with one attached hydrogen (secondary N) is 2. The van der Waals surface area contributed by atoms with Crippen molar-refractivity contribution >= 4 is 32.7 Å². The highest BCUT2D eigenvalue weighted by molar-refractivity contribution is 7.89. The Balaban J connectivity index is 1.11. The number of ether oxygens (including phenoxy) is 3. The summed E-state index contributed by atoms with van der Waals surface area (Å²) in [5, 5.41) is 58.4.